The van der Waals surface area contributed by atoms with E-state index in [1.54, 1.807) is 24.0 Å². The molecule has 1 aromatic carbocycles. The van der Waals surface area contributed by atoms with Crippen LogP contribution in [0.5, 0.6) is 0 Å². The number of hydrogen-bond acceptors (Lipinski definition) is 8. The van der Waals surface area contributed by atoms with E-state index in [-0.39, 0.29) is 11.4 Å². The third kappa shape index (κ3) is 2.48. The number of ether oxygens (including phenoxy) is 3. The summed E-state index contributed by atoms with van der Waals surface area (Å²) in [6, 6.07) is 8.16. The fourth-order valence-electron chi connectivity index (χ4n) is 6.64. The maximum absolute atomic E-state index is 14.3. The zero-order chi connectivity index (χ0) is 24.4. The summed E-state index contributed by atoms with van der Waals surface area (Å²) < 4.78 is 16.8. The molecule has 0 N–H and O–H groups in total. The maximum Gasteiger partial charge on any atom is 0.348 e. The number of ketones is 1. The van der Waals surface area contributed by atoms with Gasteiger partial charge in [-0.15, -0.1) is 0 Å². The Morgan fingerprint density at radius 3 is 2.47 bits per heavy atom. The first-order valence-corrected chi connectivity index (χ1v) is 11.6. The molecule has 9 heteroatoms. The number of amides is 1. The van der Waals surface area contributed by atoms with Gasteiger partial charge in [-0.1, -0.05) is 30.3 Å². The van der Waals surface area contributed by atoms with Crippen molar-refractivity contribution in [3.05, 3.63) is 47.2 Å². The molecule has 4 aliphatic rings. The van der Waals surface area contributed by atoms with Gasteiger partial charge in [-0.05, 0) is 32.3 Å². The largest absolute Gasteiger partial charge is 0.466 e. The Morgan fingerprint density at radius 2 is 1.85 bits per heavy atom. The number of rotatable bonds is 4. The first-order valence-electron chi connectivity index (χ1n) is 11.6. The summed E-state index contributed by atoms with van der Waals surface area (Å²) in [5.41, 5.74) is -0.471. The fourth-order valence-corrected chi connectivity index (χ4v) is 6.64. The van der Waals surface area contributed by atoms with Crippen LogP contribution < -0.4 is 0 Å². The van der Waals surface area contributed by atoms with Crippen molar-refractivity contribution in [3.8, 4) is 0 Å². The van der Waals surface area contributed by atoms with Crippen LogP contribution in [0.2, 0.25) is 0 Å². The van der Waals surface area contributed by atoms with Crippen molar-refractivity contribution in [2.45, 2.75) is 50.6 Å². The predicted octanol–water partition coefficient (Wildman–Crippen LogP) is 1.93. The SMILES string of the molecule is CCN1C(C)=C(C(=O)OC)C(c2ccccc2)N2C(=O)[C@@]3(C(=O)OC)O[C@@]12C1C(=O)CCCC13. The van der Waals surface area contributed by atoms with E-state index in [1.165, 1.54) is 19.1 Å². The summed E-state index contributed by atoms with van der Waals surface area (Å²) >= 11 is 0. The molecule has 2 bridgehead atoms. The molecule has 3 aliphatic heterocycles. The van der Waals surface area contributed by atoms with E-state index in [0.29, 0.717) is 37.1 Å². The highest BCUT2D eigenvalue weighted by molar-refractivity contribution is 6.12. The number of Topliss-reactive ketones (excluding diaryl/α,β-unsaturated/α-hetero) is 1. The first-order chi connectivity index (χ1) is 16.3. The van der Waals surface area contributed by atoms with Crippen molar-refractivity contribution in [2.24, 2.45) is 11.8 Å². The van der Waals surface area contributed by atoms with Gasteiger partial charge >= 0.3 is 11.9 Å². The Labute approximate surface area is 197 Å². The van der Waals surface area contributed by atoms with Gasteiger partial charge in [-0.2, -0.15) is 0 Å². The molecule has 34 heavy (non-hydrogen) atoms. The third-order valence-corrected chi connectivity index (χ3v) is 7.85. The van der Waals surface area contributed by atoms with Gasteiger partial charge in [0.05, 0.1) is 31.8 Å². The summed E-state index contributed by atoms with van der Waals surface area (Å²) in [6.45, 7) is 3.97. The van der Waals surface area contributed by atoms with E-state index in [2.05, 4.69) is 0 Å². The Hall–Kier alpha value is -3.20. The van der Waals surface area contributed by atoms with Gasteiger partial charge in [0, 0.05) is 24.6 Å². The quantitative estimate of drug-likeness (QED) is 0.488. The van der Waals surface area contributed by atoms with Gasteiger partial charge in [-0.25, -0.2) is 9.59 Å². The number of carbonyl (C=O) groups is 4. The molecule has 1 spiro atoms. The number of allylic oxidation sites excluding steroid dienone is 1. The van der Waals surface area contributed by atoms with Crippen LogP contribution in [-0.2, 0) is 33.4 Å². The normalized spacial score (nSPS) is 34.2. The minimum Gasteiger partial charge on any atom is -0.466 e. The average molecular weight is 469 g/mol. The standard InChI is InChI=1S/C25H28N2O7/c1-5-26-14(2)18(21(29)32-3)20(15-10-7-6-8-11-15)27-22(30)24(23(31)33-4)16-12-9-13-17(28)19(16)25(26,27)34-24/h6-8,10-11,16,19-20H,5,9,12-13H2,1-4H3/t16?,19?,20?,24-,25-/m0/s1. The van der Waals surface area contributed by atoms with Gasteiger partial charge in [0.2, 0.25) is 5.85 Å². The molecule has 1 aliphatic carbocycles. The van der Waals surface area contributed by atoms with Gasteiger partial charge in [0.25, 0.3) is 11.5 Å². The number of benzene rings is 1. The monoisotopic (exact) mass is 468 g/mol. The number of carbonyl (C=O) groups excluding carboxylic acids is 4. The fraction of sp³-hybridized carbons (Fsp3) is 0.520. The highest BCUT2D eigenvalue weighted by atomic mass is 16.6. The summed E-state index contributed by atoms with van der Waals surface area (Å²) in [6.07, 6.45) is 1.40. The van der Waals surface area contributed by atoms with Crippen molar-refractivity contribution in [2.75, 3.05) is 20.8 Å². The lowest BCUT2D eigenvalue weighted by atomic mass is 9.65. The van der Waals surface area contributed by atoms with E-state index in [1.807, 2.05) is 25.1 Å². The van der Waals surface area contributed by atoms with Crippen molar-refractivity contribution < 1.29 is 33.4 Å². The van der Waals surface area contributed by atoms with Crippen LogP contribution in [0, 0.1) is 11.8 Å². The van der Waals surface area contributed by atoms with Crippen LogP contribution in [0.3, 0.4) is 0 Å². The molecule has 1 amide bonds. The summed E-state index contributed by atoms with van der Waals surface area (Å²) in [5.74, 6) is -4.97. The van der Waals surface area contributed by atoms with Crippen molar-refractivity contribution in [1.82, 2.24) is 9.80 Å². The molecule has 9 nitrogen and oxygen atoms in total. The van der Waals surface area contributed by atoms with E-state index >= 15 is 0 Å². The van der Waals surface area contributed by atoms with Crippen molar-refractivity contribution in [3.63, 3.8) is 0 Å². The number of esters is 2. The molecule has 180 valence electrons. The van der Waals surface area contributed by atoms with E-state index < -0.39 is 47.2 Å². The van der Waals surface area contributed by atoms with Gasteiger partial charge in [0.15, 0.2) is 0 Å². The molecule has 3 heterocycles. The molecule has 5 atom stereocenters. The van der Waals surface area contributed by atoms with Crippen molar-refractivity contribution in [1.29, 1.82) is 0 Å². The number of piperidine rings is 1. The second-order valence-corrected chi connectivity index (χ2v) is 9.15. The van der Waals surface area contributed by atoms with Crippen molar-refractivity contribution >= 4 is 23.6 Å². The average Bonchev–Trinajstić information content (AvgIpc) is 3.30. The van der Waals surface area contributed by atoms with Crippen LogP contribution in [0.1, 0.15) is 44.7 Å². The Kier molecular flexibility index (Phi) is 5.09. The van der Waals surface area contributed by atoms with E-state index in [0.717, 1.165) is 0 Å². The summed E-state index contributed by atoms with van der Waals surface area (Å²) in [7, 11) is 2.50. The second kappa shape index (κ2) is 7.66. The molecule has 5 rings (SSSR count). The van der Waals surface area contributed by atoms with Gasteiger partial charge < -0.3 is 19.1 Å². The van der Waals surface area contributed by atoms with Crippen LogP contribution in [0.4, 0.5) is 0 Å². The minimum absolute atomic E-state index is 0.0564. The number of nitrogens with zero attached hydrogens (tertiary/aromatic N) is 2. The second-order valence-electron chi connectivity index (χ2n) is 9.15. The first kappa shape index (κ1) is 22.6. The zero-order valence-electron chi connectivity index (χ0n) is 19.7. The topological polar surface area (TPSA) is 102 Å². The van der Waals surface area contributed by atoms with E-state index in [4.69, 9.17) is 14.2 Å². The van der Waals surface area contributed by atoms with Crippen LogP contribution >= 0.6 is 0 Å². The van der Waals surface area contributed by atoms with E-state index in [9.17, 15) is 19.2 Å². The lowest BCUT2D eigenvalue weighted by Crippen LogP contribution is -2.71. The Morgan fingerprint density at radius 1 is 1.15 bits per heavy atom. The maximum atomic E-state index is 14.3. The Balaban J connectivity index is 1.85. The number of hydrogen-bond donors (Lipinski definition) is 0. The summed E-state index contributed by atoms with van der Waals surface area (Å²) in [4.78, 5) is 57.3. The lowest BCUT2D eigenvalue weighted by Gasteiger charge is -2.56. The molecular weight excluding hydrogens is 440 g/mol. The molecule has 0 aromatic heterocycles. The molecule has 3 unspecified atom stereocenters. The molecule has 0 radical (unpaired) electrons. The van der Waals surface area contributed by atoms with Crippen LogP contribution in [0.25, 0.3) is 0 Å². The van der Waals surface area contributed by atoms with Crippen LogP contribution in [-0.4, -0.2) is 65.6 Å². The molecule has 2 saturated heterocycles. The molecule has 3 fully saturated rings. The molecule has 1 saturated carbocycles. The summed E-state index contributed by atoms with van der Waals surface area (Å²) in [5, 5.41) is 0. The molecule has 1 aromatic rings. The smallest absolute Gasteiger partial charge is 0.348 e. The minimum atomic E-state index is -1.94. The number of fused-ring (bicyclic) bond motifs is 3. The van der Waals surface area contributed by atoms with Crippen LogP contribution in [0.15, 0.2) is 41.6 Å². The lowest BCUT2D eigenvalue weighted by molar-refractivity contribution is -0.223. The highest BCUT2D eigenvalue weighted by Gasteiger charge is 2.84. The number of methoxy groups -OCH3 is 2. The zero-order valence-corrected chi connectivity index (χ0v) is 19.7. The molecular formula is C25H28N2O7. The Bertz CT molecular complexity index is 1120. The predicted molar refractivity (Wildman–Crippen MR) is 118 cm³/mol. The third-order valence-electron chi connectivity index (χ3n) is 7.85. The van der Waals surface area contributed by atoms with Gasteiger partial charge in [0.1, 0.15) is 5.78 Å². The highest BCUT2D eigenvalue weighted by Crippen LogP contribution is 2.65. The van der Waals surface area contributed by atoms with Gasteiger partial charge in [-0.3, -0.25) is 14.5 Å².